The Bertz CT molecular complexity index is 1350. The Labute approximate surface area is 223 Å². The molecule has 0 spiro atoms. The number of benzene rings is 2. The highest BCUT2D eigenvalue weighted by Gasteiger charge is 2.37. The standard InChI is InChI=1S/C25H21Br2N3O4S/c26-18-3-1-16(2-4-18)13-29-14-17(20-12-19(27)5-6-21(20)29)11-22-24(32)30(25(33)35-22)15-23(31)28-7-9-34-10-8-28/h1-6,11-12,14H,7-10,13,15H2/b22-11-. The summed E-state index contributed by atoms with van der Waals surface area (Å²) in [5.74, 6) is -0.683. The average molecular weight is 619 g/mol. The van der Waals surface area contributed by atoms with Crippen LogP contribution in [-0.2, 0) is 20.9 Å². The van der Waals surface area contributed by atoms with Gasteiger partial charge in [0.05, 0.1) is 18.1 Å². The Balaban J connectivity index is 1.42. The van der Waals surface area contributed by atoms with Crippen molar-refractivity contribution in [1.82, 2.24) is 14.4 Å². The van der Waals surface area contributed by atoms with Crippen LogP contribution in [0.25, 0.3) is 17.0 Å². The Morgan fingerprint density at radius 3 is 2.49 bits per heavy atom. The number of amides is 3. The van der Waals surface area contributed by atoms with Crippen molar-refractivity contribution in [3.63, 3.8) is 0 Å². The minimum Gasteiger partial charge on any atom is -0.378 e. The van der Waals surface area contributed by atoms with E-state index in [9.17, 15) is 14.4 Å². The average Bonchev–Trinajstić information content (AvgIpc) is 3.32. The van der Waals surface area contributed by atoms with Crippen LogP contribution in [0.15, 0.2) is 62.5 Å². The molecule has 3 heterocycles. The third-order valence-corrected chi connectivity index (χ3v) is 7.89. The number of fused-ring (bicyclic) bond motifs is 1. The number of ether oxygens (including phenoxy) is 1. The third-order valence-electron chi connectivity index (χ3n) is 5.96. The second kappa shape index (κ2) is 10.3. The van der Waals surface area contributed by atoms with E-state index in [0.29, 0.717) is 37.8 Å². The lowest BCUT2D eigenvalue weighted by atomic mass is 10.1. The van der Waals surface area contributed by atoms with Crippen LogP contribution in [0.4, 0.5) is 4.79 Å². The van der Waals surface area contributed by atoms with Gasteiger partial charge in [0.2, 0.25) is 5.91 Å². The first-order chi connectivity index (χ1) is 16.9. The molecule has 2 aliphatic rings. The van der Waals surface area contributed by atoms with Gasteiger partial charge in [-0.25, -0.2) is 0 Å². The first-order valence-corrected chi connectivity index (χ1v) is 13.4. The molecular weight excluding hydrogens is 598 g/mol. The predicted octanol–water partition coefficient (Wildman–Crippen LogP) is 5.11. The van der Waals surface area contributed by atoms with Gasteiger partial charge in [-0.05, 0) is 53.7 Å². The van der Waals surface area contributed by atoms with E-state index in [1.54, 1.807) is 11.0 Å². The van der Waals surface area contributed by atoms with Crippen molar-refractivity contribution in [3.8, 4) is 0 Å². The first-order valence-electron chi connectivity index (χ1n) is 11.0. The highest BCUT2D eigenvalue weighted by molar-refractivity contribution is 9.10. The summed E-state index contributed by atoms with van der Waals surface area (Å²) in [6, 6.07) is 14.2. The fourth-order valence-electron chi connectivity index (χ4n) is 4.15. The predicted molar refractivity (Wildman–Crippen MR) is 143 cm³/mol. The molecule has 180 valence electrons. The number of halogens is 2. The van der Waals surface area contributed by atoms with Gasteiger partial charge in [0, 0.05) is 51.2 Å². The Kier molecular flexibility index (Phi) is 7.15. The number of aromatic nitrogens is 1. The van der Waals surface area contributed by atoms with E-state index in [1.165, 1.54) is 0 Å². The van der Waals surface area contributed by atoms with Crippen molar-refractivity contribution >= 4 is 77.7 Å². The van der Waals surface area contributed by atoms with Crippen molar-refractivity contribution < 1.29 is 19.1 Å². The molecule has 0 bridgehead atoms. The zero-order valence-corrected chi connectivity index (χ0v) is 22.6. The maximum Gasteiger partial charge on any atom is 0.294 e. The molecule has 0 saturated carbocycles. The summed E-state index contributed by atoms with van der Waals surface area (Å²) in [5, 5.41) is 0.537. The van der Waals surface area contributed by atoms with Crippen molar-refractivity contribution in [3.05, 3.63) is 73.6 Å². The van der Waals surface area contributed by atoms with Gasteiger partial charge >= 0.3 is 0 Å². The molecule has 0 N–H and O–H groups in total. The van der Waals surface area contributed by atoms with Gasteiger partial charge in [0.15, 0.2) is 0 Å². The van der Waals surface area contributed by atoms with Crippen LogP contribution in [0.5, 0.6) is 0 Å². The number of hydrogen-bond donors (Lipinski definition) is 0. The quantitative estimate of drug-likeness (QED) is 0.372. The molecular formula is C25H21Br2N3O4S. The lowest BCUT2D eigenvalue weighted by molar-refractivity contribution is -0.139. The SMILES string of the molecule is O=C(CN1C(=O)S/C(=C\c2cn(Cc3ccc(Br)cc3)c3ccc(Br)cc23)C1=O)N1CCOCC1. The van der Waals surface area contributed by atoms with Gasteiger partial charge in [-0.2, -0.15) is 0 Å². The summed E-state index contributed by atoms with van der Waals surface area (Å²) in [4.78, 5) is 41.3. The number of morpholine rings is 1. The van der Waals surface area contributed by atoms with E-state index in [-0.39, 0.29) is 12.5 Å². The molecule has 0 radical (unpaired) electrons. The normalized spacial score (nSPS) is 17.7. The second-order valence-electron chi connectivity index (χ2n) is 8.26. The Morgan fingerprint density at radius 1 is 1.03 bits per heavy atom. The van der Waals surface area contributed by atoms with Crippen LogP contribution >= 0.6 is 43.6 Å². The van der Waals surface area contributed by atoms with Crippen LogP contribution in [0, 0.1) is 0 Å². The summed E-state index contributed by atoms with van der Waals surface area (Å²) in [5.41, 5.74) is 2.99. The molecule has 0 atom stereocenters. The van der Waals surface area contributed by atoms with E-state index in [0.717, 1.165) is 47.6 Å². The molecule has 3 aromatic rings. The maximum absolute atomic E-state index is 13.1. The van der Waals surface area contributed by atoms with Gasteiger partial charge in [-0.1, -0.05) is 44.0 Å². The number of hydrogen-bond acceptors (Lipinski definition) is 5. The summed E-state index contributed by atoms with van der Waals surface area (Å²) < 4.78 is 9.34. The van der Waals surface area contributed by atoms with Crippen molar-refractivity contribution in [1.29, 1.82) is 0 Å². The van der Waals surface area contributed by atoms with E-state index in [4.69, 9.17) is 4.74 Å². The van der Waals surface area contributed by atoms with E-state index < -0.39 is 11.1 Å². The van der Waals surface area contributed by atoms with Crippen LogP contribution in [-0.4, -0.2) is 64.3 Å². The topological polar surface area (TPSA) is 71.9 Å². The van der Waals surface area contributed by atoms with Crippen molar-refractivity contribution in [2.45, 2.75) is 6.54 Å². The zero-order valence-electron chi connectivity index (χ0n) is 18.6. The molecule has 5 rings (SSSR count). The molecule has 35 heavy (non-hydrogen) atoms. The molecule has 0 aliphatic carbocycles. The molecule has 7 nitrogen and oxygen atoms in total. The minimum absolute atomic E-state index is 0.244. The first kappa shape index (κ1) is 24.3. The van der Waals surface area contributed by atoms with E-state index in [2.05, 4.69) is 48.6 Å². The fourth-order valence-corrected chi connectivity index (χ4v) is 5.61. The molecule has 0 unspecified atom stereocenters. The second-order valence-corrected chi connectivity index (χ2v) is 11.1. The monoisotopic (exact) mass is 617 g/mol. The number of thioether (sulfide) groups is 1. The molecule has 2 saturated heterocycles. The zero-order chi connectivity index (χ0) is 24.5. The van der Waals surface area contributed by atoms with E-state index >= 15 is 0 Å². The highest BCUT2D eigenvalue weighted by atomic mass is 79.9. The minimum atomic E-state index is -0.439. The lowest BCUT2D eigenvalue weighted by Gasteiger charge is -2.28. The summed E-state index contributed by atoms with van der Waals surface area (Å²) >= 11 is 7.88. The summed E-state index contributed by atoms with van der Waals surface area (Å²) in [7, 11) is 0. The number of nitrogens with zero attached hydrogens (tertiary/aromatic N) is 3. The van der Waals surface area contributed by atoms with Crippen LogP contribution in [0.1, 0.15) is 11.1 Å². The van der Waals surface area contributed by atoms with Gasteiger partial charge < -0.3 is 14.2 Å². The Morgan fingerprint density at radius 2 is 1.74 bits per heavy atom. The largest absolute Gasteiger partial charge is 0.378 e. The number of carbonyl (C=O) groups is 3. The smallest absolute Gasteiger partial charge is 0.294 e. The van der Waals surface area contributed by atoms with Gasteiger partial charge in [0.1, 0.15) is 6.54 Å². The summed E-state index contributed by atoms with van der Waals surface area (Å²) in [6.45, 7) is 2.28. The van der Waals surface area contributed by atoms with Crippen LogP contribution in [0.3, 0.4) is 0 Å². The van der Waals surface area contributed by atoms with Gasteiger partial charge in [-0.3, -0.25) is 19.3 Å². The highest BCUT2D eigenvalue weighted by Crippen LogP contribution is 2.35. The van der Waals surface area contributed by atoms with E-state index in [1.807, 2.05) is 36.5 Å². The van der Waals surface area contributed by atoms with Gasteiger partial charge in [-0.15, -0.1) is 0 Å². The molecule has 10 heteroatoms. The number of carbonyl (C=O) groups excluding carboxylic acids is 3. The van der Waals surface area contributed by atoms with Crippen LogP contribution in [0.2, 0.25) is 0 Å². The number of rotatable bonds is 5. The number of imide groups is 1. The van der Waals surface area contributed by atoms with Gasteiger partial charge in [0.25, 0.3) is 11.1 Å². The van der Waals surface area contributed by atoms with Crippen LogP contribution < -0.4 is 0 Å². The third kappa shape index (κ3) is 5.25. The molecule has 1 aromatic heterocycles. The maximum atomic E-state index is 13.1. The molecule has 3 amide bonds. The molecule has 2 fully saturated rings. The van der Waals surface area contributed by atoms with Crippen molar-refractivity contribution in [2.24, 2.45) is 0 Å². The fraction of sp³-hybridized carbons (Fsp3) is 0.240. The Hall–Kier alpha value is -2.40. The lowest BCUT2D eigenvalue weighted by Crippen LogP contribution is -2.46. The summed E-state index contributed by atoms with van der Waals surface area (Å²) in [6.07, 6.45) is 3.74. The molecule has 2 aliphatic heterocycles. The molecule has 2 aromatic carbocycles. The van der Waals surface area contributed by atoms with Crippen molar-refractivity contribution in [2.75, 3.05) is 32.8 Å².